The summed E-state index contributed by atoms with van der Waals surface area (Å²) in [7, 11) is 0. The van der Waals surface area contributed by atoms with Gasteiger partial charge in [0, 0.05) is 19.3 Å². The predicted molar refractivity (Wildman–Crippen MR) is 98.2 cm³/mol. The number of hydrogen-bond acceptors (Lipinski definition) is 5. The zero-order chi connectivity index (χ0) is 18.9. The Morgan fingerprint density at radius 1 is 1.12 bits per heavy atom. The molecule has 0 aliphatic carbocycles. The molecule has 0 saturated carbocycles. The molecule has 1 saturated heterocycles. The zero-order valence-corrected chi connectivity index (χ0v) is 16.3. The standard InChI is InChI=1S/C16H30O3.C4H6O2/c1-4-7-8-9-10-14(5-2)13-15(17)11-12-16(18)19-6-3;5-4-2-1-3-6-4/h14H,4-13H2,1-3H3;1-3H2. The van der Waals surface area contributed by atoms with Crippen LogP contribution in [0.15, 0.2) is 0 Å². The number of carbonyl (C=O) groups is 3. The Balaban J connectivity index is 0.000000796. The number of cyclic esters (lactones) is 1. The van der Waals surface area contributed by atoms with Gasteiger partial charge in [0.05, 0.1) is 19.6 Å². The van der Waals surface area contributed by atoms with Crippen molar-refractivity contribution in [3.63, 3.8) is 0 Å². The first-order valence-corrected chi connectivity index (χ1v) is 9.86. The fourth-order valence-corrected chi connectivity index (χ4v) is 2.68. The molecule has 1 aliphatic heterocycles. The Bertz CT molecular complexity index is 370. The lowest BCUT2D eigenvalue weighted by Gasteiger charge is -2.13. The van der Waals surface area contributed by atoms with E-state index in [4.69, 9.17) is 4.74 Å². The molecular formula is C20H36O5. The third-order valence-corrected chi connectivity index (χ3v) is 4.26. The molecule has 0 radical (unpaired) electrons. The molecule has 0 aromatic rings. The summed E-state index contributed by atoms with van der Waals surface area (Å²) < 4.78 is 9.34. The third kappa shape index (κ3) is 14.6. The van der Waals surface area contributed by atoms with Crippen molar-refractivity contribution < 1.29 is 23.9 Å². The summed E-state index contributed by atoms with van der Waals surface area (Å²) in [4.78, 5) is 33.0. The molecular weight excluding hydrogens is 320 g/mol. The van der Waals surface area contributed by atoms with Gasteiger partial charge in [-0.15, -0.1) is 0 Å². The van der Waals surface area contributed by atoms with E-state index in [0.717, 1.165) is 19.3 Å². The second-order valence-corrected chi connectivity index (χ2v) is 6.50. The van der Waals surface area contributed by atoms with Gasteiger partial charge in [-0.25, -0.2) is 0 Å². The molecule has 1 unspecified atom stereocenters. The van der Waals surface area contributed by atoms with E-state index in [1.54, 1.807) is 6.92 Å². The van der Waals surface area contributed by atoms with E-state index in [0.29, 0.717) is 38.4 Å². The van der Waals surface area contributed by atoms with Crippen LogP contribution in [0, 0.1) is 5.92 Å². The first kappa shape index (κ1) is 23.6. The number of Topliss-reactive ketones (excluding diaryl/α,β-unsaturated/α-hetero) is 1. The highest BCUT2D eigenvalue weighted by Crippen LogP contribution is 2.19. The summed E-state index contributed by atoms with van der Waals surface area (Å²) in [5, 5.41) is 0. The minimum absolute atomic E-state index is 0.0463. The lowest BCUT2D eigenvalue weighted by atomic mass is 9.92. The van der Waals surface area contributed by atoms with Gasteiger partial charge >= 0.3 is 11.9 Å². The van der Waals surface area contributed by atoms with Gasteiger partial charge in [-0.1, -0.05) is 52.4 Å². The molecule has 0 N–H and O–H groups in total. The highest BCUT2D eigenvalue weighted by Gasteiger charge is 2.13. The van der Waals surface area contributed by atoms with Gasteiger partial charge in [-0.2, -0.15) is 0 Å². The zero-order valence-electron chi connectivity index (χ0n) is 16.3. The number of esters is 2. The maximum Gasteiger partial charge on any atom is 0.306 e. The smallest absolute Gasteiger partial charge is 0.306 e. The summed E-state index contributed by atoms with van der Waals surface area (Å²) in [6, 6.07) is 0. The number of unbranched alkanes of at least 4 members (excludes halogenated alkanes) is 3. The summed E-state index contributed by atoms with van der Waals surface area (Å²) in [5.74, 6) is 0.392. The Morgan fingerprint density at radius 3 is 2.36 bits per heavy atom. The quantitative estimate of drug-likeness (QED) is 0.377. The Labute approximate surface area is 152 Å². The van der Waals surface area contributed by atoms with Gasteiger partial charge in [0.1, 0.15) is 5.78 Å². The average molecular weight is 357 g/mol. The molecule has 1 fully saturated rings. The van der Waals surface area contributed by atoms with Gasteiger partial charge in [0.25, 0.3) is 0 Å². The molecule has 1 aliphatic rings. The van der Waals surface area contributed by atoms with Crippen LogP contribution < -0.4 is 0 Å². The topological polar surface area (TPSA) is 69.7 Å². The van der Waals surface area contributed by atoms with Crippen LogP contribution >= 0.6 is 0 Å². The summed E-state index contributed by atoms with van der Waals surface area (Å²) in [6.07, 6.45) is 9.95. The molecule has 25 heavy (non-hydrogen) atoms. The van der Waals surface area contributed by atoms with E-state index < -0.39 is 0 Å². The van der Waals surface area contributed by atoms with Crippen LogP contribution in [0.5, 0.6) is 0 Å². The monoisotopic (exact) mass is 356 g/mol. The lowest BCUT2D eigenvalue weighted by molar-refractivity contribution is -0.144. The largest absolute Gasteiger partial charge is 0.466 e. The Kier molecular flexibility index (Phi) is 15.2. The van der Waals surface area contributed by atoms with E-state index >= 15 is 0 Å². The summed E-state index contributed by atoms with van der Waals surface area (Å²) in [6.45, 7) is 7.16. The van der Waals surface area contributed by atoms with Crippen molar-refractivity contribution >= 4 is 17.7 Å². The van der Waals surface area contributed by atoms with Crippen molar-refractivity contribution in [3.05, 3.63) is 0 Å². The second-order valence-electron chi connectivity index (χ2n) is 6.50. The minimum Gasteiger partial charge on any atom is -0.466 e. The van der Waals surface area contributed by atoms with Gasteiger partial charge in [-0.05, 0) is 19.3 Å². The average Bonchev–Trinajstić information content (AvgIpc) is 3.07. The first-order valence-electron chi connectivity index (χ1n) is 9.86. The number of carbonyl (C=O) groups excluding carboxylic acids is 3. The first-order chi connectivity index (χ1) is 12.0. The summed E-state index contributed by atoms with van der Waals surface area (Å²) in [5.41, 5.74) is 0. The molecule has 0 amide bonds. The molecule has 5 nitrogen and oxygen atoms in total. The maximum atomic E-state index is 11.8. The van der Waals surface area contributed by atoms with Crippen molar-refractivity contribution in [1.82, 2.24) is 0 Å². The third-order valence-electron chi connectivity index (χ3n) is 4.26. The van der Waals surface area contributed by atoms with Gasteiger partial charge < -0.3 is 9.47 Å². The van der Waals surface area contributed by atoms with Crippen molar-refractivity contribution in [3.8, 4) is 0 Å². The molecule has 1 atom stereocenters. The Morgan fingerprint density at radius 2 is 1.88 bits per heavy atom. The van der Waals surface area contributed by atoms with Gasteiger partial charge in [-0.3, -0.25) is 14.4 Å². The van der Waals surface area contributed by atoms with Crippen LogP contribution in [0.25, 0.3) is 0 Å². The molecule has 146 valence electrons. The normalized spacial score (nSPS) is 14.3. The molecule has 5 heteroatoms. The predicted octanol–water partition coefficient (Wildman–Crippen LogP) is 4.61. The SMILES string of the molecule is CCCCCCC(CC)CC(=O)CCC(=O)OCC.O=C1CCCO1. The lowest BCUT2D eigenvalue weighted by Crippen LogP contribution is -2.11. The highest BCUT2D eigenvalue weighted by atomic mass is 16.5. The van der Waals surface area contributed by atoms with Crippen molar-refractivity contribution in [2.75, 3.05) is 13.2 Å². The van der Waals surface area contributed by atoms with Crippen LogP contribution in [0.4, 0.5) is 0 Å². The fraction of sp³-hybridized carbons (Fsp3) is 0.850. The molecule has 0 aromatic carbocycles. The maximum absolute atomic E-state index is 11.8. The molecule has 1 heterocycles. The van der Waals surface area contributed by atoms with E-state index in [9.17, 15) is 14.4 Å². The van der Waals surface area contributed by atoms with Crippen molar-refractivity contribution in [2.24, 2.45) is 5.92 Å². The van der Waals surface area contributed by atoms with Crippen LogP contribution in [0.2, 0.25) is 0 Å². The minimum atomic E-state index is -0.258. The number of rotatable bonds is 12. The van der Waals surface area contributed by atoms with Crippen molar-refractivity contribution in [1.29, 1.82) is 0 Å². The van der Waals surface area contributed by atoms with Crippen LogP contribution in [0.3, 0.4) is 0 Å². The Hall–Kier alpha value is -1.39. The van der Waals surface area contributed by atoms with E-state index in [-0.39, 0.29) is 24.1 Å². The van der Waals surface area contributed by atoms with Crippen LogP contribution in [0.1, 0.15) is 91.4 Å². The molecule has 0 aromatic heterocycles. The van der Waals surface area contributed by atoms with E-state index in [1.165, 1.54) is 25.7 Å². The number of hydrogen-bond donors (Lipinski definition) is 0. The molecule has 0 spiro atoms. The highest BCUT2D eigenvalue weighted by molar-refractivity contribution is 5.83. The van der Waals surface area contributed by atoms with E-state index in [2.05, 4.69) is 18.6 Å². The van der Waals surface area contributed by atoms with Gasteiger partial charge in [0.15, 0.2) is 0 Å². The van der Waals surface area contributed by atoms with Crippen LogP contribution in [-0.2, 0) is 23.9 Å². The van der Waals surface area contributed by atoms with E-state index in [1.807, 2.05) is 0 Å². The summed E-state index contributed by atoms with van der Waals surface area (Å²) >= 11 is 0. The number of ether oxygens (including phenoxy) is 2. The molecule has 0 bridgehead atoms. The van der Waals surface area contributed by atoms with Crippen molar-refractivity contribution in [2.45, 2.75) is 91.4 Å². The van der Waals surface area contributed by atoms with Crippen LogP contribution in [-0.4, -0.2) is 30.9 Å². The number of ketones is 1. The second kappa shape index (κ2) is 16.1. The van der Waals surface area contributed by atoms with Gasteiger partial charge in [0.2, 0.25) is 0 Å². The molecule has 1 rings (SSSR count). The fourth-order valence-electron chi connectivity index (χ4n) is 2.68.